The number of imide groups is 1. The average Bonchev–Trinajstić information content (AvgIpc) is 3.25. The van der Waals surface area contributed by atoms with Gasteiger partial charge in [0.25, 0.3) is 17.5 Å². The third-order valence-corrected chi connectivity index (χ3v) is 9.90. The van der Waals surface area contributed by atoms with Gasteiger partial charge in [0.05, 0.1) is 30.1 Å². The van der Waals surface area contributed by atoms with Gasteiger partial charge >= 0.3 is 0 Å². The number of rotatable bonds is 6. The highest BCUT2D eigenvalue weighted by Crippen LogP contribution is 2.61. The number of nitro benzene ring substituents is 1. The molecule has 1 saturated heterocycles. The van der Waals surface area contributed by atoms with Crippen LogP contribution >= 0.6 is 45.2 Å². The second-order valence-corrected chi connectivity index (χ2v) is 12.8. The number of hydrazone groups is 1. The second-order valence-electron chi connectivity index (χ2n) is 10.5. The minimum atomic E-state index is -0.472. The molecule has 0 unspecified atom stereocenters. The lowest BCUT2D eigenvalue weighted by Gasteiger charge is -2.45. The van der Waals surface area contributed by atoms with Crippen LogP contribution in [0.25, 0.3) is 0 Å². The number of ether oxygens (including phenoxy) is 1. The Bertz CT molecular complexity index is 1680. The van der Waals surface area contributed by atoms with Gasteiger partial charge in [0.1, 0.15) is 12.4 Å². The number of benzene rings is 4. The van der Waals surface area contributed by atoms with Gasteiger partial charge in [0.15, 0.2) is 0 Å². The molecule has 42 heavy (non-hydrogen) atoms. The molecule has 8 rings (SSSR count). The number of carbonyl (C=O) groups is 2. The van der Waals surface area contributed by atoms with Crippen molar-refractivity contribution in [1.82, 2.24) is 5.01 Å². The molecule has 208 valence electrons. The van der Waals surface area contributed by atoms with Crippen molar-refractivity contribution in [3.8, 4) is 5.75 Å². The molecule has 10 heteroatoms. The van der Waals surface area contributed by atoms with Crippen LogP contribution in [0.15, 0.2) is 90.0 Å². The van der Waals surface area contributed by atoms with Gasteiger partial charge in [-0.25, -0.2) is 0 Å². The topological polar surface area (TPSA) is 102 Å². The van der Waals surface area contributed by atoms with E-state index in [4.69, 9.17) is 4.74 Å². The lowest BCUT2D eigenvalue weighted by molar-refractivity contribution is -0.384. The molecule has 2 atom stereocenters. The maximum atomic E-state index is 13.8. The second kappa shape index (κ2) is 10.6. The normalized spacial score (nSPS) is 21.8. The smallest absolute Gasteiger partial charge is 0.269 e. The summed E-state index contributed by atoms with van der Waals surface area (Å²) in [5, 5.41) is 16.4. The lowest BCUT2D eigenvalue weighted by atomic mass is 9.55. The molecule has 0 N–H and O–H groups in total. The summed E-state index contributed by atoms with van der Waals surface area (Å²) in [6, 6.07) is 26.3. The first kappa shape index (κ1) is 27.2. The van der Waals surface area contributed by atoms with Crippen LogP contribution in [0.2, 0.25) is 0 Å². The van der Waals surface area contributed by atoms with Crippen LogP contribution in [0.5, 0.6) is 5.75 Å². The summed E-state index contributed by atoms with van der Waals surface area (Å²) in [4.78, 5) is 38.0. The van der Waals surface area contributed by atoms with E-state index in [1.54, 1.807) is 18.3 Å². The number of nitrogens with zero attached hydrogens (tertiary/aromatic N) is 3. The summed E-state index contributed by atoms with van der Waals surface area (Å²) < 4.78 is 7.70. The Hall–Kier alpha value is -3.65. The van der Waals surface area contributed by atoms with E-state index >= 15 is 0 Å². The molecule has 4 aromatic rings. The zero-order chi connectivity index (χ0) is 29.1. The standard InChI is InChI=1S/C32H21I2N3O5/c33-24-13-18(14-25(34)30(24)42-16-17-9-11-19(12-10-17)37(40)41)15-35-36-31(38)28-26-20-5-1-2-6-21(20)27(29(28)32(36)39)23-8-4-3-7-22(23)26/h1-15,26-29H,16H2/b35-15-/t26?,27?,28-,29-/m1/s1. The summed E-state index contributed by atoms with van der Waals surface area (Å²) in [6.45, 7) is 0.254. The highest BCUT2D eigenvalue weighted by Gasteiger charge is 2.61. The van der Waals surface area contributed by atoms with Gasteiger partial charge in [0.2, 0.25) is 0 Å². The summed E-state index contributed by atoms with van der Waals surface area (Å²) >= 11 is 4.35. The molecular weight excluding hydrogens is 760 g/mol. The molecule has 2 amide bonds. The minimum Gasteiger partial charge on any atom is -0.487 e. The molecule has 3 aliphatic carbocycles. The van der Waals surface area contributed by atoms with Crippen molar-refractivity contribution in [1.29, 1.82) is 0 Å². The predicted molar refractivity (Wildman–Crippen MR) is 172 cm³/mol. The molecule has 4 aromatic carbocycles. The number of hydrogen-bond acceptors (Lipinski definition) is 6. The van der Waals surface area contributed by atoms with E-state index in [1.807, 2.05) is 36.4 Å². The van der Waals surface area contributed by atoms with Crippen LogP contribution in [-0.4, -0.2) is 28.0 Å². The maximum absolute atomic E-state index is 13.8. The van der Waals surface area contributed by atoms with Crippen LogP contribution in [0.1, 0.15) is 45.2 Å². The van der Waals surface area contributed by atoms with E-state index in [9.17, 15) is 19.7 Å². The third kappa shape index (κ3) is 4.34. The Kier molecular flexibility index (Phi) is 6.84. The van der Waals surface area contributed by atoms with Crippen LogP contribution in [0.3, 0.4) is 0 Å². The van der Waals surface area contributed by atoms with Crippen molar-refractivity contribution >= 4 is 68.9 Å². The molecule has 4 aliphatic rings. The number of amides is 2. The number of non-ortho nitro benzene ring substituents is 1. The lowest BCUT2D eigenvalue weighted by Crippen LogP contribution is -2.41. The van der Waals surface area contributed by atoms with E-state index < -0.39 is 16.8 Å². The molecule has 1 heterocycles. The van der Waals surface area contributed by atoms with E-state index in [0.29, 0.717) is 5.75 Å². The largest absolute Gasteiger partial charge is 0.487 e. The first-order valence-electron chi connectivity index (χ1n) is 13.3. The van der Waals surface area contributed by atoms with Crippen molar-refractivity contribution in [3.05, 3.63) is 136 Å². The fraction of sp³-hybridized carbons (Fsp3) is 0.156. The summed E-state index contributed by atoms with van der Waals surface area (Å²) in [5.74, 6) is -1.12. The highest BCUT2D eigenvalue weighted by molar-refractivity contribution is 14.1. The molecule has 0 aromatic heterocycles. The summed E-state index contributed by atoms with van der Waals surface area (Å²) in [5.41, 5.74) is 6.08. The van der Waals surface area contributed by atoms with Gasteiger partial charge in [-0.15, -0.1) is 0 Å². The van der Waals surface area contributed by atoms with E-state index in [1.165, 1.54) is 12.1 Å². The van der Waals surface area contributed by atoms with Crippen LogP contribution in [0, 0.1) is 29.1 Å². The zero-order valence-corrected chi connectivity index (χ0v) is 26.1. The molecule has 1 aliphatic heterocycles. The van der Waals surface area contributed by atoms with Crippen LogP contribution < -0.4 is 4.74 Å². The fourth-order valence-electron chi connectivity index (χ4n) is 6.56. The average molecular weight is 781 g/mol. The Labute approximate surface area is 268 Å². The summed E-state index contributed by atoms with van der Waals surface area (Å²) in [7, 11) is 0. The first-order valence-corrected chi connectivity index (χ1v) is 15.4. The number of halogens is 2. The minimum absolute atomic E-state index is 0.0301. The first-order chi connectivity index (χ1) is 20.3. The summed E-state index contributed by atoms with van der Waals surface area (Å²) in [6.07, 6.45) is 1.56. The number of nitro groups is 1. The maximum Gasteiger partial charge on any atom is 0.269 e. The molecule has 0 radical (unpaired) electrons. The molecule has 2 bridgehead atoms. The van der Waals surface area contributed by atoms with Crippen LogP contribution in [0.4, 0.5) is 5.69 Å². The Balaban J connectivity index is 1.13. The van der Waals surface area contributed by atoms with Gasteiger partial charge < -0.3 is 4.74 Å². The van der Waals surface area contributed by atoms with E-state index in [-0.39, 0.29) is 35.9 Å². The van der Waals surface area contributed by atoms with Crippen LogP contribution in [-0.2, 0) is 16.2 Å². The molecule has 0 saturated carbocycles. The van der Waals surface area contributed by atoms with Crippen molar-refractivity contribution in [2.45, 2.75) is 18.4 Å². The van der Waals surface area contributed by atoms with Crippen molar-refractivity contribution in [3.63, 3.8) is 0 Å². The molecule has 0 spiro atoms. The Morgan fingerprint density at radius 1 is 0.810 bits per heavy atom. The van der Waals surface area contributed by atoms with Crippen molar-refractivity contribution < 1.29 is 19.2 Å². The molecular formula is C32H21I2N3O5. The van der Waals surface area contributed by atoms with Gasteiger partial charge in [-0.2, -0.15) is 10.1 Å². The van der Waals surface area contributed by atoms with Crippen molar-refractivity contribution in [2.75, 3.05) is 0 Å². The third-order valence-electron chi connectivity index (χ3n) is 8.30. The molecule has 1 fully saturated rings. The quantitative estimate of drug-likeness (QED) is 0.0721. The monoisotopic (exact) mass is 781 g/mol. The van der Waals surface area contributed by atoms with Gasteiger partial charge in [-0.1, -0.05) is 48.5 Å². The van der Waals surface area contributed by atoms with E-state index in [2.05, 4.69) is 74.5 Å². The van der Waals surface area contributed by atoms with Gasteiger partial charge in [0, 0.05) is 24.0 Å². The van der Waals surface area contributed by atoms with Crippen molar-refractivity contribution in [2.24, 2.45) is 16.9 Å². The zero-order valence-electron chi connectivity index (χ0n) is 21.8. The number of carbonyl (C=O) groups excluding carboxylic acids is 2. The number of hydrogen-bond donors (Lipinski definition) is 0. The Morgan fingerprint density at radius 2 is 1.29 bits per heavy atom. The van der Waals surface area contributed by atoms with Gasteiger partial charge in [-0.05, 0) is 103 Å². The van der Waals surface area contributed by atoms with Gasteiger partial charge in [-0.3, -0.25) is 19.7 Å². The predicted octanol–water partition coefficient (Wildman–Crippen LogP) is 6.61. The molecule has 8 nitrogen and oxygen atoms in total. The SMILES string of the molecule is O=C1[C@@H]2C3c4ccccc4C(c4ccccc43)[C@H]2C(=O)N1/N=C\c1cc(I)c(OCc2ccc([N+](=O)[O-])cc2)c(I)c1. The Morgan fingerprint density at radius 3 is 1.74 bits per heavy atom. The highest BCUT2D eigenvalue weighted by atomic mass is 127. The fourth-order valence-corrected chi connectivity index (χ4v) is 8.69. The van der Waals surface area contributed by atoms with E-state index in [0.717, 1.165) is 45.5 Å².